The Morgan fingerprint density at radius 3 is 1.76 bits per heavy atom. The van der Waals surface area contributed by atoms with E-state index in [0.717, 1.165) is 35.7 Å². The number of hydrogen-bond acceptors (Lipinski definition) is 22. The minimum absolute atomic E-state index is 0. The molecule has 0 saturated heterocycles. The molecule has 1 heterocycles. The molecule has 0 aliphatic rings. The molecule has 0 amide bonds. The molecule has 0 fully saturated rings. The number of rotatable bonds is 12. The maximum Gasteiger partial charge on any atom is 1.00 e. The summed E-state index contributed by atoms with van der Waals surface area (Å²) in [5, 5.41) is 21.8. The third-order valence-corrected chi connectivity index (χ3v) is 12.9. The normalized spacial score (nSPS) is 12.1. The second-order valence-corrected chi connectivity index (χ2v) is 19.3. The van der Waals surface area contributed by atoms with E-state index < -0.39 is 125 Å². The van der Waals surface area contributed by atoms with E-state index in [1.165, 1.54) is 24.3 Å². The Labute approximate surface area is 451 Å². The number of anilines is 4. The molecule has 0 spiro atoms. The van der Waals surface area contributed by atoms with Crippen molar-refractivity contribution in [3.05, 3.63) is 90.1 Å². The van der Waals surface area contributed by atoms with Gasteiger partial charge in [0, 0.05) is 27.3 Å². The SMILES string of the molecule is C=CS(=O)(=O)c1ccc(Nc2nc(Cl)nc(Nc3cc(S(=O)(=O)[O-])cc4cc(S(=O)(=O)[O-])c(N=Nc5ccc6c(S(=O)(=O)[O-])cccc6c5S(=O)(=O)[O-])c(O)c34)n2)cc1.[Na+].[Na+].[Na+].[Na+]. The van der Waals surface area contributed by atoms with Gasteiger partial charge in [-0.3, -0.25) is 0 Å². The molecule has 308 valence electrons. The van der Waals surface area contributed by atoms with Crippen molar-refractivity contribution in [1.29, 1.82) is 0 Å². The Morgan fingerprint density at radius 2 is 1.22 bits per heavy atom. The van der Waals surface area contributed by atoms with E-state index in [1.54, 1.807) is 0 Å². The first-order valence-corrected chi connectivity index (χ1v) is 22.9. The van der Waals surface area contributed by atoms with E-state index >= 15 is 0 Å². The van der Waals surface area contributed by atoms with Gasteiger partial charge in [-0.1, -0.05) is 24.8 Å². The predicted octanol–water partition coefficient (Wildman–Crippen LogP) is -8.01. The average Bonchev–Trinajstić information content (AvgIpc) is 3.12. The van der Waals surface area contributed by atoms with Crippen LogP contribution in [-0.2, 0) is 50.3 Å². The molecule has 22 nitrogen and oxygen atoms in total. The number of aromatic nitrogens is 3. The van der Waals surface area contributed by atoms with E-state index in [0.29, 0.717) is 18.2 Å². The van der Waals surface area contributed by atoms with Crippen molar-refractivity contribution in [2.45, 2.75) is 24.5 Å². The van der Waals surface area contributed by atoms with E-state index in [1.807, 2.05) is 0 Å². The number of phenolic OH excluding ortho intramolecular Hbond substituents is 1. The molecule has 32 heteroatoms. The summed E-state index contributed by atoms with van der Waals surface area (Å²) in [5.74, 6) is -2.09. The number of halogens is 1. The quantitative estimate of drug-likeness (QED) is 0.0582. The number of azo groups is 1. The fourth-order valence-electron chi connectivity index (χ4n) is 5.48. The van der Waals surface area contributed by atoms with Gasteiger partial charge in [0.2, 0.25) is 17.2 Å². The molecule has 63 heavy (non-hydrogen) atoms. The van der Waals surface area contributed by atoms with E-state index in [9.17, 15) is 65.4 Å². The van der Waals surface area contributed by atoms with Gasteiger partial charge in [-0.2, -0.15) is 15.0 Å². The molecule has 0 aliphatic heterocycles. The van der Waals surface area contributed by atoms with E-state index in [2.05, 4.69) is 42.4 Å². The van der Waals surface area contributed by atoms with E-state index in [-0.39, 0.29) is 135 Å². The Bertz CT molecular complexity index is 3410. The number of fused-ring (bicyclic) bond motifs is 2. The smallest absolute Gasteiger partial charge is 0.744 e. The summed E-state index contributed by atoms with van der Waals surface area (Å²) in [6.07, 6.45) is 0. The minimum Gasteiger partial charge on any atom is -0.744 e. The van der Waals surface area contributed by atoms with Crippen LogP contribution in [0, 0.1) is 0 Å². The maximum atomic E-state index is 12.5. The largest absolute Gasteiger partial charge is 1.00 e. The van der Waals surface area contributed by atoms with Crippen molar-refractivity contribution in [3.63, 3.8) is 0 Å². The third-order valence-electron chi connectivity index (χ3n) is 7.92. The molecule has 5 aromatic carbocycles. The molecule has 1 aromatic heterocycles. The molecule has 3 N–H and O–H groups in total. The van der Waals surface area contributed by atoms with Gasteiger partial charge in [0.25, 0.3) is 0 Å². The Balaban J connectivity index is 0.00000341. The van der Waals surface area contributed by atoms with Crippen LogP contribution in [0.2, 0.25) is 5.28 Å². The van der Waals surface area contributed by atoms with Crippen LogP contribution in [0.3, 0.4) is 0 Å². The number of benzene rings is 5. The third kappa shape index (κ3) is 13.0. The maximum absolute atomic E-state index is 12.5. The zero-order chi connectivity index (χ0) is 43.5. The molecule has 0 atom stereocenters. The predicted molar refractivity (Wildman–Crippen MR) is 201 cm³/mol. The van der Waals surface area contributed by atoms with Gasteiger partial charge >= 0.3 is 118 Å². The van der Waals surface area contributed by atoms with Crippen molar-refractivity contribution in [1.82, 2.24) is 15.0 Å². The van der Waals surface area contributed by atoms with Crippen LogP contribution in [-0.4, -0.2) is 80.4 Å². The summed E-state index contributed by atoms with van der Waals surface area (Å²) in [6.45, 7) is 3.24. The Kier molecular flexibility index (Phi) is 19.6. The fourth-order valence-corrected chi connectivity index (χ4v) is 9.03. The number of aromatic hydroxyl groups is 1. The van der Waals surface area contributed by atoms with Crippen LogP contribution in [0.4, 0.5) is 34.6 Å². The summed E-state index contributed by atoms with van der Waals surface area (Å²) in [5.41, 5.74) is -2.45. The standard InChI is InChI=1S/C31H22ClN7O15S5.4Na/c1-2-55(41,42)17-8-6-16(7-9-17)33-30-35-29(32)36-31(37-30)34-22-14-18(56(43,44)45)12-15-13-24(58(49,50)51)26(27(40)25(15)22)39-38-21-11-10-19-20(28(21)59(52,53)54)4-3-5-23(19)57(46,47)48;;;;/h2-14,40H,1H2,(H,43,44,45)(H,46,47,48)(H,49,50,51)(H,52,53,54)(H2,33,34,35,36,37);;;;/q;4*+1/p-4. The number of hydrogen-bond donors (Lipinski definition) is 3. The first-order chi connectivity index (χ1) is 27.3. The van der Waals surface area contributed by atoms with Gasteiger partial charge in [0.15, 0.2) is 15.6 Å². The van der Waals surface area contributed by atoms with Crippen molar-refractivity contribution >= 4 is 118 Å². The van der Waals surface area contributed by atoms with Gasteiger partial charge in [-0.05, 0) is 71.6 Å². The molecule has 0 radical (unpaired) electrons. The zero-order valence-electron chi connectivity index (χ0n) is 32.5. The second-order valence-electron chi connectivity index (χ2n) is 11.7. The minimum atomic E-state index is -5.71. The Morgan fingerprint density at radius 1 is 0.635 bits per heavy atom. The first-order valence-electron chi connectivity index (χ1n) is 15.4. The molecular formula is C31H18ClN7Na4O15S5. The van der Waals surface area contributed by atoms with Crippen LogP contribution in [0.5, 0.6) is 5.75 Å². The Hall–Kier alpha value is -1.75. The summed E-state index contributed by atoms with van der Waals surface area (Å²) in [4.78, 5) is 7.13. The summed E-state index contributed by atoms with van der Waals surface area (Å²) >= 11 is 6.08. The molecular weight excluding hydrogens is 998 g/mol. The topological polar surface area (TPSA) is 371 Å². The molecule has 6 rings (SSSR count). The summed E-state index contributed by atoms with van der Waals surface area (Å²) < 4.78 is 171. The van der Waals surface area contributed by atoms with Crippen LogP contribution in [0.15, 0.2) is 119 Å². The number of nitrogens with zero attached hydrogens (tertiary/aromatic N) is 5. The molecule has 6 aromatic rings. The molecule has 0 aliphatic carbocycles. The van der Waals surface area contributed by atoms with Gasteiger partial charge in [-0.25, -0.2) is 42.1 Å². The number of sulfone groups is 1. The van der Waals surface area contributed by atoms with Crippen molar-refractivity contribution in [2.75, 3.05) is 10.6 Å². The second kappa shape index (κ2) is 21.5. The van der Waals surface area contributed by atoms with Crippen molar-refractivity contribution < 1.29 is 184 Å². The van der Waals surface area contributed by atoms with Crippen LogP contribution in [0.25, 0.3) is 21.5 Å². The summed E-state index contributed by atoms with van der Waals surface area (Å²) in [6, 6.07) is 11.2. The van der Waals surface area contributed by atoms with Crippen LogP contribution in [0.1, 0.15) is 0 Å². The number of nitrogens with one attached hydrogen (secondary N) is 2. The van der Waals surface area contributed by atoms with Crippen molar-refractivity contribution in [2.24, 2.45) is 10.2 Å². The number of phenols is 1. The van der Waals surface area contributed by atoms with Gasteiger partial charge < -0.3 is 34.0 Å². The van der Waals surface area contributed by atoms with Crippen LogP contribution >= 0.6 is 11.6 Å². The summed E-state index contributed by atoms with van der Waals surface area (Å²) in [7, 11) is -25.7. The average molecular weight is 1020 g/mol. The molecule has 0 bridgehead atoms. The van der Waals surface area contributed by atoms with Crippen LogP contribution < -0.4 is 129 Å². The van der Waals surface area contributed by atoms with Gasteiger partial charge in [0.05, 0.1) is 30.2 Å². The van der Waals surface area contributed by atoms with E-state index in [4.69, 9.17) is 11.6 Å². The van der Waals surface area contributed by atoms with Crippen molar-refractivity contribution in [3.8, 4) is 5.75 Å². The molecule has 0 saturated carbocycles. The monoisotopic (exact) mass is 1010 g/mol. The van der Waals surface area contributed by atoms with Gasteiger partial charge in [0.1, 0.15) is 51.8 Å². The fraction of sp³-hybridized carbons (Fsp3) is 0. The first kappa shape index (κ1) is 57.4. The van der Waals surface area contributed by atoms with Gasteiger partial charge in [-0.15, -0.1) is 10.2 Å². The molecule has 0 unspecified atom stereocenters. The zero-order valence-corrected chi connectivity index (χ0v) is 45.4.